The molecule has 0 saturated carbocycles. The lowest BCUT2D eigenvalue weighted by molar-refractivity contribution is -0.126. The Kier molecular flexibility index (Phi) is 6.90. The van der Waals surface area contributed by atoms with Crippen molar-refractivity contribution in [3.63, 3.8) is 0 Å². The van der Waals surface area contributed by atoms with Crippen LogP contribution in [0.3, 0.4) is 0 Å². The standard InChI is InChI=1S/C23H24Cl2N4O2/c1-15-3-2-4-16(11-15)13-26-23(30)17-7-9-29(10-8-17)14-21-27-22(28-31-21)19-6-5-18(24)12-20(19)25/h2-6,11-12,17H,7-10,13-14H2,1H3,(H,26,30). The van der Waals surface area contributed by atoms with Crippen molar-refractivity contribution in [1.82, 2.24) is 20.4 Å². The zero-order valence-corrected chi connectivity index (χ0v) is 18.8. The van der Waals surface area contributed by atoms with Crippen molar-refractivity contribution < 1.29 is 9.32 Å². The number of nitrogens with zero attached hydrogens (tertiary/aromatic N) is 3. The molecule has 3 aromatic rings. The number of halogens is 2. The number of likely N-dealkylation sites (tertiary alicyclic amines) is 1. The fourth-order valence-corrected chi connectivity index (χ4v) is 4.29. The van der Waals surface area contributed by atoms with E-state index in [2.05, 4.69) is 39.4 Å². The molecule has 0 atom stereocenters. The van der Waals surface area contributed by atoms with Crippen LogP contribution in [0.2, 0.25) is 10.0 Å². The van der Waals surface area contributed by atoms with Crippen LogP contribution in [0.5, 0.6) is 0 Å². The van der Waals surface area contributed by atoms with Gasteiger partial charge in [0.1, 0.15) is 0 Å². The highest BCUT2D eigenvalue weighted by Gasteiger charge is 2.26. The van der Waals surface area contributed by atoms with E-state index >= 15 is 0 Å². The molecule has 1 aromatic heterocycles. The molecule has 162 valence electrons. The number of hydrogen-bond donors (Lipinski definition) is 1. The van der Waals surface area contributed by atoms with Crippen molar-refractivity contribution in [2.24, 2.45) is 5.92 Å². The molecular formula is C23H24Cl2N4O2. The lowest BCUT2D eigenvalue weighted by atomic mass is 9.96. The third-order valence-electron chi connectivity index (χ3n) is 5.51. The maximum Gasteiger partial charge on any atom is 0.241 e. The van der Waals surface area contributed by atoms with Gasteiger partial charge in [0.15, 0.2) is 0 Å². The Balaban J connectivity index is 1.26. The minimum absolute atomic E-state index is 0.0344. The first kappa shape index (κ1) is 21.8. The second kappa shape index (κ2) is 9.81. The highest BCUT2D eigenvalue weighted by Crippen LogP contribution is 2.28. The van der Waals surface area contributed by atoms with Gasteiger partial charge in [-0.05, 0) is 56.6 Å². The van der Waals surface area contributed by atoms with Crippen LogP contribution < -0.4 is 5.32 Å². The molecule has 0 bridgehead atoms. The van der Waals surface area contributed by atoms with Crippen LogP contribution in [0.25, 0.3) is 11.4 Å². The van der Waals surface area contributed by atoms with Crippen molar-refractivity contribution in [2.45, 2.75) is 32.9 Å². The van der Waals surface area contributed by atoms with E-state index in [0.717, 1.165) is 31.5 Å². The first-order chi connectivity index (χ1) is 15.0. The van der Waals surface area contributed by atoms with Gasteiger partial charge in [0.05, 0.1) is 11.6 Å². The summed E-state index contributed by atoms with van der Waals surface area (Å²) in [5.41, 5.74) is 3.01. The van der Waals surface area contributed by atoms with Gasteiger partial charge in [-0.15, -0.1) is 0 Å². The van der Waals surface area contributed by atoms with Crippen molar-refractivity contribution in [2.75, 3.05) is 13.1 Å². The summed E-state index contributed by atoms with van der Waals surface area (Å²) in [6.45, 7) is 4.79. The molecule has 2 aromatic carbocycles. The SMILES string of the molecule is Cc1cccc(CNC(=O)C2CCN(Cc3nc(-c4ccc(Cl)cc4Cl)no3)CC2)c1. The van der Waals surface area contributed by atoms with Crippen LogP contribution in [0.4, 0.5) is 0 Å². The highest BCUT2D eigenvalue weighted by molar-refractivity contribution is 6.36. The molecule has 0 unspecified atom stereocenters. The molecule has 2 heterocycles. The molecule has 1 saturated heterocycles. The van der Waals surface area contributed by atoms with Gasteiger partial charge in [0, 0.05) is 23.0 Å². The number of benzene rings is 2. The molecule has 0 spiro atoms. The van der Waals surface area contributed by atoms with Crippen LogP contribution in [0.15, 0.2) is 47.0 Å². The predicted molar refractivity (Wildman–Crippen MR) is 121 cm³/mol. The van der Waals surface area contributed by atoms with E-state index in [1.807, 2.05) is 12.1 Å². The van der Waals surface area contributed by atoms with Crippen molar-refractivity contribution in [1.29, 1.82) is 0 Å². The molecule has 0 aliphatic carbocycles. The van der Waals surface area contributed by atoms with Crippen molar-refractivity contribution in [3.05, 3.63) is 69.5 Å². The van der Waals surface area contributed by atoms with Gasteiger partial charge in [-0.2, -0.15) is 4.98 Å². The number of aryl methyl sites for hydroxylation is 1. The molecule has 1 aliphatic rings. The summed E-state index contributed by atoms with van der Waals surface area (Å²) in [7, 11) is 0. The zero-order chi connectivity index (χ0) is 21.8. The van der Waals surface area contributed by atoms with E-state index < -0.39 is 0 Å². The second-order valence-electron chi connectivity index (χ2n) is 7.89. The molecule has 4 rings (SSSR count). The largest absolute Gasteiger partial charge is 0.352 e. The molecule has 1 N–H and O–H groups in total. The smallest absolute Gasteiger partial charge is 0.241 e. The van der Waals surface area contributed by atoms with Crippen LogP contribution in [-0.2, 0) is 17.9 Å². The summed E-state index contributed by atoms with van der Waals surface area (Å²) < 4.78 is 5.40. The quantitative estimate of drug-likeness (QED) is 0.569. The summed E-state index contributed by atoms with van der Waals surface area (Å²) in [6.07, 6.45) is 1.62. The summed E-state index contributed by atoms with van der Waals surface area (Å²) in [4.78, 5) is 19.2. The van der Waals surface area contributed by atoms with Gasteiger partial charge in [-0.25, -0.2) is 0 Å². The number of hydrogen-bond acceptors (Lipinski definition) is 5. The first-order valence-electron chi connectivity index (χ1n) is 10.3. The molecule has 1 aliphatic heterocycles. The fourth-order valence-electron chi connectivity index (χ4n) is 3.80. The van der Waals surface area contributed by atoms with Crippen LogP contribution >= 0.6 is 23.2 Å². The number of piperidine rings is 1. The van der Waals surface area contributed by atoms with E-state index in [1.165, 1.54) is 5.56 Å². The normalized spacial score (nSPS) is 15.2. The lowest BCUT2D eigenvalue weighted by Crippen LogP contribution is -2.40. The van der Waals surface area contributed by atoms with Gasteiger partial charge in [0.25, 0.3) is 0 Å². The minimum atomic E-state index is 0.0344. The van der Waals surface area contributed by atoms with Crippen molar-refractivity contribution in [3.8, 4) is 11.4 Å². The average molecular weight is 459 g/mol. The van der Waals surface area contributed by atoms with Crippen molar-refractivity contribution >= 4 is 29.1 Å². The number of carbonyl (C=O) groups excluding carboxylic acids is 1. The fraction of sp³-hybridized carbons (Fsp3) is 0.348. The van der Waals surface area contributed by atoms with E-state index in [1.54, 1.807) is 18.2 Å². The maximum atomic E-state index is 12.5. The Hall–Kier alpha value is -2.41. The topological polar surface area (TPSA) is 71.3 Å². The second-order valence-corrected chi connectivity index (χ2v) is 8.74. The summed E-state index contributed by atoms with van der Waals surface area (Å²) in [5.74, 6) is 1.14. The third kappa shape index (κ3) is 5.64. The Morgan fingerprint density at radius 3 is 2.74 bits per heavy atom. The molecule has 1 fully saturated rings. The number of amides is 1. The summed E-state index contributed by atoms with van der Waals surface area (Å²) >= 11 is 12.2. The summed E-state index contributed by atoms with van der Waals surface area (Å²) in [5, 5.41) is 8.15. The zero-order valence-electron chi connectivity index (χ0n) is 17.3. The van der Waals surface area contributed by atoms with Gasteiger partial charge < -0.3 is 9.84 Å². The minimum Gasteiger partial charge on any atom is -0.352 e. The van der Waals surface area contributed by atoms with Crippen LogP contribution in [0, 0.1) is 12.8 Å². The lowest BCUT2D eigenvalue weighted by Gasteiger charge is -2.30. The Morgan fingerprint density at radius 1 is 1.19 bits per heavy atom. The molecule has 31 heavy (non-hydrogen) atoms. The first-order valence-corrected chi connectivity index (χ1v) is 11.1. The highest BCUT2D eigenvalue weighted by atomic mass is 35.5. The number of nitrogens with one attached hydrogen (secondary N) is 1. The third-order valence-corrected chi connectivity index (χ3v) is 6.05. The monoisotopic (exact) mass is 458 g/mol. The average Bonchev–Trinajstić information content (AvgIpc) is 3.20. The van der Waals surface area contributed by atoms with E-state index in [-0.39, 0.29) is 11.8 Å². The van der Waals surface area contributed by atoms with Gasteiger partial charge >= 0.3 is 0 Å². The number of aromatic nitrogens is 2. The molecule has 0 radical (unpaired) electrons. The van der Waals surface area contributed by atoms with E-state index in [0.29, 0.717) is 40.4 Å². The molecule has 6 nitrogen and oxygen atoms in total. The molecule has 1 amide bonds. The summed E-state index contributed by atoms with van der Waals surface area (Å²) in [6, 6.07) is 13.4. The number of rotatable bonds is 6. The van der Waals surface area contributed by atoms with Gasteiger partial charge in [-0.3, -0.25) is 9.69 Å². The molecule has 8 heteroatoms. The Morgan fingerprint density at radius 2 is 2.00 bits per heavy atom. The van der Waals surface area contributed by atoms with E-state index in [9.17, 15) is 4.79 Å². The van der Waals surface area contributed by atoms with Crippen LogP contribution in [-0.4, -0.2) is 34.0 Å². The predicted octanol–water partition coefficient (Wildman–Crippen LogP) is 4.88. The number of carbonyl (C=O) groups is 1. The van der Waals surface area contributed by atoms with Gasteiger partial charge in [-0.1, -0.05) is 58.2 Å². The Bertz CT molecular complexity index is 1060. The maximum absolute atomic E-state index is 12.5. The van der Waals surface area contributed by atoms with Crippen LogP contribution in [0.1, 0.15) is 29.9 Å². The van der Waals surface area contributed by atoms with Gasteiger partial charge in [0.2, 0.25) is 17.6 Å². The van der Waals surface area contributed by atoms with E-state index in [4.69, 9.17) is 27.7 Å². The Labute approximate surface area is 191 Å². The molecular weight excluding hydrogens is 435 g/mol.